The van der Waals surface area contributed by atoms with Crippen LogP contribution in [0.4, 0.5) is 0 Å². The van der Waals surface area contributed by atoms with E-state index in [0.29, 0.717) is 12.0 Å². The van der Waals surface area contributed by atoms with E-state index in [4.69, 9.17) is 5.11 Å². The molecule has 0 aliphatic heterocycles. The fraction of sp³-hybridized carbons (Fsp3) is 0.273. The molecule has 1 atom stereocenters. The average Bonchev–Trinajstić information content (AvgIpc) is 2.31. The van der Waals surface area contributed by atoms with E-state index in [9.17, 15) is 9.59 Å². The molecule has 1 aromatic rings. The van der Waals surface area contributed by atoms with Gasteiger partial charge in [-0.2, -0.15) is 0 Å². The van der Waals surface area contributed by atoms with Crippen molar-refractivity contribution in [3.63, 3.8) is 0 Å². The van der Waals surface area contributed by atoms with E-state index in [1.54, 1.807) is 12.1 Å². The zero-order valence-electron chi connectivity index (χ0n) is 9.27. The average molecular weight is 286 g/mol. The maximum absolute atomic E-state index is 11.1. The number of rotatable bonds is 2. The number of aromatic hydroxyl groups is 1. The van der Waals surface area contributed by atoms with Gasteiger partial charge in [-0.15, -0.1) is 0 Å². The Morgan fingerprint density at radius 2 is 2.12 bits per heavy atom. The number of methoxy groups -OCH3 is 1. The summed E-state index contributed by atoms with van der Waals surface area (Å²) in [5.74, 6) is -0.331. The fourth-order valence-electron chi connectivity index (χ4n) is 0.831. The molecule has 5 heteroatoms. The van der Waals surface area contributed by atoms with Gasteiger partial charge in [0.1, 0.15) is 6.29 Å². The number of esters is 1. The van der Waals surface area contributed by atoms with E-state index in [2.05, 4.69) is 4.74 Å². The van der Waals surface area contributed by atoms with E-state index in [-0.39, 0.29) is 5.75 Å². The second-order valence-corrected chi connectivity index (χ2v) is 4.14. The molecule has 0 aliphatic rings. The van der Waals surface area contributed by atoms with Crippen molar-refractivity contribution in [3.8, 4) is 5.75 Å². The number of phenolic OH excluding ortho intramolecular Hbond substituents is 1. The second-order valence-electron chi connectivity index (χ2n) is 2.84. The van der Waals surface area contributed by atoms with E-state index in [1.807, 2.05) is 6.92 Å². The van der Waals surface area contributed by atoms with Crippen molar-refractivity contribution in [2.75, 3.05) is 7.11 Å². The summed E-state index contributed by atoms with van der Waals surface area (Å²) in [7, 11) is 1.32. The molecule has 0 heterocycles. The standard InChI is InChI=1S/C8H9AsO3.C3H6O/c1-12-8(11)6-4-5(10)2-3-7(6)9;1-2-3-4/h2-4,10H,9H2,1H3;3H,2H2,1H3. The van der Waals surface area contributed by atoms with E-state index in [0.717, 1.165) is 10.6 Å². The number of ether oxygens (including phenoxy) is 1. The van der Waals surface area contributed by atoms with Crippen LogP contribution in [-0.2, 0) is 9.53 Å². The normalized spacial score (nSPS) is 8.69. The zero-order chi connectivity index (χ0) is 12.6. The van der Waals surface area contributed by atoms with Crippen molar-refractivity contribution in [1.29, 1.82) is 0 Å². The number of hydrogen-bond donors (Lipinski definition) is 1. The number of carbonyl (C=O) groups excluding carboxylic acids is 2. The Kier molecular flexibility index (Phi) is 7.30. The maximum atomic E-state index is 11.1. The molecule has 0 saturated carbocycles. The topological polar surface area (TPSA) is 63.6 Å². The van der Waals surface area contributed by atoms with Gasteiger partial charge in [-0.05, 0) is 0 Å². The summed E-state index contributed by atoms with van der Waals surface area (Å²) in [4.78, 5) is 20.2. The molecule has 1 rings (SSSR count). The number of benzene rings is 1. The molecule has 4 nitrogen and oxygen atoms in total. The predicted molar refractivity (Wildman–Crippen MR) is 64.0 cm³/mol. The van der Waals surface area contributed by atoms with E-state index in [1.165, 1.54) is 30.0 Å². The Labute approximate surface area is 103 Å². The van der Waals surface area contributed by atoms with Gasteiger partial charge in [-0.25, -0.2) is 0 Å². The molecule has 1 N–H and O–H groups in total. The molecule has 0 aromatic heterocycles. The van der Waals surface area contributed by atoms with Crippen LogP contribution in [0.5, 0.6) is 5.75 Å². The van der Waals surface area contributed by atoms with Crippen molar-refractivity contribution < 1.29 is 19.4 Å². The first kappa shape index (κ1) is 14.7. The Bertz CT molecular complexity index is 363. The van der Waals surface area contributed by atoms with Gasteiger partial charge in [0.25, 0.3) is 0 Å². The first-order chi connectivity index (χ1) is 7.56. The SMILES string of the molecule is CCC=O.COC(=O)c1cc(O)ccc1[AsH2]. The van der Waals surface area contributed by atoms with Crippen molar-refractivity contribution in [2.24, 2.45) is 0 Å². The van der Waals surface area contributed by atoms with Gasteiger partial charge in [0.2, 0.25) is 0 Å². The molecule has 16 heavy (non-hydrogen) atoms. The summed E-state index contributed by atoms with van der Waals surface area (Å²) >= 11 is 1.32. The minimum absolute atomic E-state index is 0.0804. The van der Waals surface area contributed by atoms with Crippen LogP contribution >= 0.6 is 0 Å². The van der Waals surface area contributed by atoms with Crippen molar-refractivity contribution in [1.82, 2.24) is 0 Å². The summed E-state index contributed by atoms with van der Waals surface area (Å²) in [5.41, 5.74) is 0.428. The molecule has 1 unspecified atom stereocenters. The van der Waals surface area contributed by atoms with Gasteiger partial charge in [0.05, 0.1) is 0 Å². The van der Waals surface area contributed by atoms with Gasteiger partial charge >= 0.3 is 78.4 Å². The molecule has 0 radical (unpaired) electrons. The number of carbonyl (C=O) groups is 2. The first-order valence-electron chi connectivity index (χ1n) is 4.67. The molecular weight excluding hydrogens is 271 g/mol. The summed E-state index contributed by atoms with van der Waals surface area (Å²) in [6.45, 7) is 1.81. The molecule has 0 fully saturated rings. The van der Waals surface area contributed by atoms with Gasteiger partial charge in [-0.3, -0.25) is 0 Å². The van der Waals surface area contributed by atoms with Crippen LogP contribution in [0.25, 0.3) is 0 Å². The Hall–Kier alpha value is -1.28. The molecule has 88 valence electrons. The summed E-state index contributed by atoms with van der Waals surface area (Å²) in [6, 6.07) is 4.65. The quantitative estimate of drug-likeness (QED) is 0.473. The monoisotopic (exact) mass is 286 g/mol. The van der Waals surface area contributed by atoms with Crippen LogP contribution in [0.3, 0.4) is 0 Å². The van der Waals surface area contributed by atoms with Crippen molar-refractivity contribution in [2.45, 2.75) is 13.3 Å². The third-order valence-corrected chi connectivity index (χ3v) is 2.67. The van der Waals surface area contributed by atoms with Crippen LogP contribution in [-0.4, -0.2) is 41.3 Å². The summed E-state index contributed by atoms with van der Waals surface area (Å²) in [5, 5.41) is 9.08. The molecular formula is C11H15AsO4. The molecule has 0 saturated heterocycles. The third kappa shape index (κ3) is 4.98. The minimum atomic E-state index is -0.412. The van der Waals surface area contributed by atoms with Crippen LogP contribution < -0.4 is 4.35 Å². The number of hydrogen-bond acceptors (Lipinski definition) is 4. The van der Waals surface area contributed by atoms with Gasteiger partial charge < -0.3 is 4.79 Å². The van der Waals surface area contributed by atoms with Crippen LogP contribution in [0.1, 0.15) is 23.7 Å². The summed E-state index contributed by atoms with van der Waals surface area (Å²) < 4.78 is 5.39. The van der Waals surface area contributed by atoms with E-state index < -0.39 is 5.97 Å². The van der Waals surface area contributed by atoms with Gasteiger partial charge in [-0.1, -0.05) is 6.92 Å². The van der Waals surface area contributed by atoms with Crippen molar-refractivity contribution >= 4 is 33.5 Å². The third-order valence-electron chi connectivity index (χ3n) is 1.61. The number of aldehydes is 1. The molecule has 0 aliphatic carbocycles. The molecule has 1 aromatic carbocycles. The molecule has 0 amide bonds. The van der Waals surface area contributed by atoms with Gasteiger partial charge in [0, 0.05) is 6.42 Å². The zero-order valence-corrected chi connectivity index (χ0v) is 11.7. The number of phenols is 1. The fourth-order valence-corrected chi connectivity index (χ4v) is 1.45. The van der Waals surface area contributed by atoms with Crippen molar-refractivity contribution in [3.05, 3.63) is 23.8 Å². The Morgan fingerprint density at radius 3 is 2.56 bits per heavy atom. The first-order valence-corrected chi connectivity index (χ1v) is 5.88. The molecule has 0 spiro atoms. The van der Waals surface area contributed by atoms with E-state index >= 15 is 0 Å². The van der Waals surface area contributed by atoms with Gasteiger partial charge in [0.15, 0.2) is 0 Å². The van der Waals surface area contributed by atoms with Crippen LogP contribution in [0.2, 0.25) is 0 Å². The van der Waals surface area contributed by atoms with Crippen LogP contribution in [0.15, 0.2) is 18.2 Å². The Balaban J connectivity index is 0.000000487. The molecule has 0 bridgehead atoms. The van der Waals surface area contributed by atoms with Crippen LogP contribution in [0, 0.1) is 0 Å². The predicted octanol–water partition coefficient (Wildman–Crippen LogP) is 0.0325. The summed E-state index contributed by atoms with van der Waals surface area (Å²) in [6.07, 6.45) is 1.51. The second kappa shape index (κ2) is 7.94. The Morgan fingerprint density at radius 1 is 1.56 bits per heavy atom.